The molecule has 0 aliphatic rings. The van der Waals surface area contributed by atoms with Crippen LogP contribution in [0.2, 0.25) is 0 Å². The van der Waals surface area contributed by atoms with Gasteiger partial charge in [-0.05, 0) is 82.2 Å². The van der Waals surface area contributed by atoms with Crippen LogP contribution in [-0.2, 0) is 63.7 Å². The maximum atomic E-state index is 12.6. The Morgan fingerprint density at radius 1 is 0.612 bits per heavy atom. The van der Waals surface area contributed by atoms with Gasteiger partial charge >= 0.3 is 91.1 Å². The number of hydrogen-bond acceptors (Lipinski definition) is 13. The molecule has 0 saturated heterocycles. The molecule has 3 atom stereocenters. The zero-order valence-electron chi connectivity index (χ0n) is 35.6. The summed E-state index contributed by atoms with van der Waals surface area (Å²) >= 11 is 13.3. The Balaban J connectivity index is 0.00000424. The number of pyridine rings is 2. The van der Waals surface area contributed by atoms with Gasteiger partial charge in [0.25, 0.3) is 0 Å². The molecule has 0 spiro atoms. The molecule has 67 heavy (non-hydrogen) atoms. The summed E-state index contributed by atoms with van der Waals surface area (Å²) in [6.45, 7) is 1.86. The minimum atomic E-state index is -2.40. The first kappa shape index (κ1) is 60.3. The molecule has 3 unspecified atom stereocenters. The zero-order chi connectivity index (χ0) is 50.4. The predicted octanol–water partition coefficient (Wildman–Crippen LogP) is 4.75. The first-order chi connectivity index (χ1) is 31.7. The Labute approximate surface area is 414 Å². The fraction of sp³-hybridized carbons (Fsp3) is 0.439. The summed E-state index contributed by atoms with van der Waals surface area (Å²) in [5, 5.41) is 46.1. The average molecular weight is 1370 g/mol. The van der Waals surface area contributed by atoms with Crippen LogP contribution in [0.1, 0.15) is 88.4 Å². The van der Waals surface area contributed by atoms with Crippen LogP contribution in [0.5, 0.6) is 0 Å². The number of hydrogen-bond donors (Lipinski definition) is 8. The van der Waals surface area contributed by atoms with E-state index in [9.17, 15) is 63.3 Å². The fourth-order valence-corrected chi connectivity index (χ4v) is 5.95. The quantitative estimate of drug-likeness (QED) is 0.0226. The van der Waals surface area contributed by atoms with Gasteiger partial charge in [-0.1, -0.05) is 25.0 Å². The Bertz CT molecular complexity index is 2090. The average Bonchev–Trinajstić information content (AvgIpc) is 3.25. The van der Waals surface area contributed by atoms with E-state index < -0.39 is 78.5 Å². The molecular formula is C41H49Br4N7O14Re. The normalized spacial score (nSPS) is 12.1. The molecule has 367 valence electrons. The van der Waals surface area contributed by atoms with Crippen molar-refractivity contribution in [2.24, 2.45) is 0 Å². The van der Waals surface area contributed by atoms with Crippen LogP contribution in [-0.4, -0.2) is 120 Å². The third-order valence-corrected chi connectivity index (χ3v) is 9.07. The summed E-state index contributed by atoms with van der Waals surface area (Å²) in [5.74, 6) is -4.26. The summed E-state index contributed by atoms with van der Waals surface area (Å²) < 4.78 is 0. The molecule has 4 amide bonds. The Morgan fingerprint density at radius 2 is 1.13 bits per heavy atom. The second kappa shape index (κ2) is 33.7. The Kier molecular flexibility index (Phi) is 30.3. The second-order valence-corrected chi connectivity index (χ2v) is 85.4. The number of urea groups is 1. The van der Waals surface area contributed by atoms with Gasteiger partial charge in [-0.15, -0.1) is 0 Å². The van der Waals surface area contributed by atoms with E-state index in [1.807, 2.05) is 41.7 Å². The number of carbonyl (C=O) groups is 7. The number of carboxylic acids is 4. The number of nitrogens with zero attached hydrogens (tertiary/aromatic N) is 3. The molecule has 0 bridgehead atoms. The van der Waals surface area contributed by atoms with E-state index in [-0.39, 0.29) is 44.2 Å². The predicted molar refractivity (Wildman–Crippen MR) is 251 cm³/mol. The molecule has 0 aliphatic carbocycles. The number of carbonyl (C=O) groups excluding carboxylic acids is 6. The van der Waals surface area contributed by atoms with Crippen molar-refractivity contribution in [2.45, 2.75) is 108 Å². The number of allylic oxidation sites excluding steroid dienone is 1. The monoisotopic (exact) mass is 1370 g/mol. The van der Waals surface area contributed by atoms with Crippen molar-refractivity contribution in [3.8, 4) is 0 Å². The van der Waals surface area contributed by atoms with Crippen molar-refractivity contribution in [3.05, 3.63) is 77.0 Å². The molecule has 26 heteroatoms. The third kappa shape index (κ3) is 28.3. The number of aliphatic carboxylic acids is 4. The van der Waals surface area contributed by atoms with Gasteiger partial charge in [0.1, 0.15) is 35.6 Å². The van der Waals surface area contributed by atoms with Gasteiger partial charge < -0.3 is 41.7 Å². The van der Waals surface area contributed by atoms with Gasteiger partial charge in [-0.3, -0.25) is 24.5 Å². The first-order valence-corrected chi connectivity index (χ1v) is 43.8. The molecule has 8 N–H and O–H groups in total. The van der Waals surface area contributed by atoms with Crippen LogP contribution < -0.4 is 21.3 Å². The van der Waals surface area contributed by atoms with E-state index in [4.69, 9.17) is 5.11 Å². The Hall–Kier alpha value is -4.72. The molecule has 21 nitrogen and oxygen atoms in total. The van der Waals surface area contributed by atoms with Gasteiger partial charge in [0.05, 0.1) is 17.0 Å². The number of unbranched alkanes of at least 4 members (excludes halogenated alkanes) is 4. The Morgan fingerprint density at radius 3 is 1.58 bits per heavy atom. The third-order valence-electron chi connectivity index (χ3n) is 9.07. The van der Waals surface area contributed by atoms with Gasteiger partial charge in [0.2, 0.25) is 11.8 Å². The maximum absolute atomic E-state index is 12.6. The summed E-state index contributed by atoms with van der Waals surface area (Å²) in [6, 6.07) is 4.80. The topological polar surface area (TPSA) is 329 Å². The van der Waals surface area contributed by atoms with E-state index in [1.165, 1.54) is 0 Å². The molecule has 0 aromatic carbocycles. The van der Waals surface area contributed by atoms with Crippen molar-refractivity contribution in [1.82, 2.24) is 36.1 Å². The van der Waals surface area contributed by atoms with Gasteiger partial charge in [0.15, 0.2) is 11.6 Å². The van der Waals surface area contributed by atoms with E-state index in [0.717, 1.165) is 23.3 Å². The van der Waals surface area contributed by atoms with Crippen LogP contribution in [0, 0.1) is 0 Å². The number of carboxylic acid groups (broad SMARTS) is 4. The van der Waals surface area contributed by atoms with E-state index in [1.54, 1.807) is 23.7 Å². The van der Waals surface area contributed by atoms with E-state index >= 15 is 0 Å². The van der Waals surface area contributed by atoms with Gasteiger partial charge in [-0.25, -0.2) is 38.4 Å². The summed E-state index contributed by atoms with van der Waals surface area (Å²) in [6.07, 6.45) is 6.37. The SMILES string of the molecule is O=C=C(CCCC(NC(=O)NC(C(=O)O)C(=C=O)C(=C=O)C(=O)O)C(=O)O)NC(=O)CCCCCCC(=O)NC(CCCCN(Cc1ccccn1)Cc1ccccn1)C(=O)O.[Br][Re]([Br])([Br])[Br]. The number of nitrogens with one attached hydrogen (secondary N) is 4. The van der Waals surface area contributed by atoms with Crippen molar-refractivity contribution in [3.63, 3.8) is 0 Å². The molecular weight excluding hydrogens is 1320 g/mol. The van der Waals surface area contributed by atoms with Crippen LogP contribution in [0.4, 0.5) is 4.79 Å². The van der Waals surface area contributed by atoms with Crippen molar-refractivity contribution >= 4 is 113 Å². The molecule has 2 aromatic rings. The summed E-state index contributed by atoms with van der Waals surface area (Å²) in [5.41, 5.74) is -1.09. The number of halogens is 4. The van der Waals surface area contributed by atoms with Crippen LogP contribution in [0.25, 0.3) is 0 Å². The minimum absolute atomic E-state index is 0.00391. The van der Waals surface area contributed by atoms with Gasteiger partial charge in [0, 0.05) is 38.3 Å². The van der Waals surface area contributed by atoms with Crippen molar-refractivity contribution < 1.29 is 75.8 Å². The standard InChI is InChI=1S/C41H49N7O14.4BrH.Re/c49-24-29(14-11-16-33(39(58)59)46-41(62)47-36(40(60)61)30(25-50)31(26-51)37(54)55)44-34(52)17-3-1-2-4-18-35(53)45-32(38(56)57)15-7-10-21-48(22-27-12-5-8-19-42-27)23-28-13-6-9-20-43-28;;;;;/h5-6,8-9,12-13,19-20,32-33,36H,1-4,7,10-11,14-18,21-23H2,(H,44,52)(H,45,53)(H,54,55)(H,56,57)(H,58,59)(H,60,61)(H2,46,47,62);4*1H;/q;;;;;+4/p-4. The van der Waals surface area contributed by atoms with Crippen LogP contribution in [0.3, 0.4) is 0 Å². The van der Waals surface area contributed by atoms with E-state index in [2.05, 4.69) is 79.2 Å². The molecule has 0 aliphatic heterocycles. The molecule has 2 heterocycles. The van der Waals surface area contributed by atoms with Crippen molar-refractivity contribution in [1.29, 1.82) is 0 Å². The molecule has 0 saturated carbocycles. The molecule has 2 rings (SSSR count). The second-order valence-electron chi connectivity index (χ2n) is 14.1. The zero-order valence-corrected chi connectivity index (χ0v) is 44.6. The van der Waals surface area contributed by atoms with Crippen LogP contribution in [0.15, 0.2) is 65.6 Å². The molecule has 0 radical (unpaired) electrons. The molecule has 0 fully saturated rings. The fourth-order valence-electron chi connectivity index (χ4n) is 5.95. The molecule has 2 aromatic heterocycles. The first-order valence-electron chi connectivity index (χ1n) is 20.1. The van der Waals surface area contributed by atoms with Gasteiger partial charge in [-0.2, -0.15) is 0 Å². The summed E-state index contributed by atoms with van der Waals surface area (Å²) in [7, 11) is -1.86. The van der Waals surface area contributed by atoms with E-state index in [0.29, 0.717) is 58.2 Å². The number of amides is 4. The van der Waals surface area contributed by atoms with Crippen LogP contribution >= 0.6 is 53.7 Å². The van der Waals surface area contributed by atoms with Crippen molar-refractivity contribution in [2.75, 3.05) is 6.54 Å². The number of aromatic nitrogens is 2. The number of rotatable bonds is 30. The summed E-state index contributed by atoms with van der Waals surface area (Å²) in [4.78, 5) is 128.